The molecule has 0 fully saturated rings. The molecule has 6 aromatic carbocycles. The zero-order valence-electron chi connectivity index (χ0n) is 24.2. The fourth-order valence-corrected chi connectivity index (χ4v) is 7.62. The minimum Gasteiger partial charge on any atom is -0.247 e. The standard InChI is InChI=1S/C41H25N3S/c1-4-13-26(14-5-1)34-25-35(27-15-6-2-7-16-27)44-41(43-34)32-21-12-20-31-38-36(45-40(31)32)24-23-30-37(38)29-19-10-11-22-33(29)42-39(30)28-17-8-3-9-18-28/h1-25H. The van der Waals surface area contributed by atoms with Crippen molar-refractivity contribution in [1.82, 2.24) is 15.0 Å². The van der Waals surface area contributed by atoms with Crippen LogP contribution in [0.25, 0.3) is 87.0 Å². The highest BCUT2D eigenvalue weighted by atomic mass is 32.1. The normalized spacial score (nSPS) is 11.6. The quantitative estimate of drug-likeness (QED) is 0.191. The van der Waals surface area contributed by atoms with E-state index in [1.807, 2.05) is 23.5 Å². The van der Waals surface area contributed by atoms with Crippen molar-refractivity contribution < 1.29 is 0 Å². The maximum atomic E-state index is 5.17. The van der Waals surface area contributed by atoms with Crippen LogP contribution in [0.3, 0.4) is 0 Å². The summed E-state index contributed by atoms with van der Waals surface area (Å²) in [6.45, 7) is 0. The molecule has 4 heteroatoms. The van der Waals surface area contributed by atoms with Gasteiger partial charge in [0.05, 0.1) is 22.6 Å². The van der Waals surface area contributed by atoms with Crippen LogP contribution < -0.4 is 0 Å². The van der Waals surface area contributed by atoms with Crippen LogP contribution >= 0.6 is 11.3 Å². The van der Waals surface area contributed by atoms with Gasteiger partial charge in [-0.05, 0) is 24.3 Å². The number of fused-ring (bicyclic) bond motifs is 7. The van der Waals surface area contributed by atoms with Gasteiger partial charge in [-0.25, -0.2) is 15.0 Å². The SMILES string of the molecule is c1ccc(-c2cc(-c3ccccc3)nc(-c3cccc4c3sc3ccc5c(-c6ccccc6)nc6ccccc6c5c34)n2)cc1. The predicted molar refractivity (Wildman–Crippen MR) is 189 cm³/mol. The maximum Gasteiger partial charge on any atom is 0.161 e. The first-order chi connectivity index (χ1) is 22.3. The predicted octanol–water partition coefficient (Wildman–Crippen LogP) is 11.2. The van der Waals surface area contributed by atoms with Gasteiger partial charge < -0.3 is 0 Å². The van der Waals surface area contributed by atoms with Crippen LogP contribution in [0.2, 0.25) is 0 Å². The third kappa shape index (κ3) is 4.30. The fourth-order valence-electron chi connectivity index (χ4n) is 6.40. The van der Waals surface area contributed by atoms with Gasteiger partial charge in [-0.2, -0.15) is 0 Å². The van der Waals surface area contributed by atoms with Gasteiger partial charge in [0.2, 0.25) is 0 Å². The van der Waals surface area contributed by atoms with E-state index in [0.717, 1.165) is 61.4 Å². The van der Waals surface area contributed by atoms with Crippen LogP contribution in [-0.4, -0.2) is 15.0 Å². The molecule has 0 saturated heterocycles. The number of aromatic nitrogens is 3. The molecule has 0 aliphatic rings. The maximum absolute atomic E-state index is 5.17. The summed E-state index contributed by atoms with van der Waals surface area (Å²) in [5.41, 5.74) is 8.12. The Morgan fingerprint density at radius 1 is 0.422 bits per heavy atom. The number of benzene rings is 6. The molecule has 0 N–H and O–H groups in total. The summed E-state index contributed by atoms with van der Waals surface area (Å²) in [5, 5.41) is 6.03. The van der Waals surface area contributed by atoms with Crippen molar-refractivity contribution in [2.45, 2.75) is 0 Å². The van der Waals surface area contributed by atoms with Crippen molar-refractivity contribution in [1.29, 1.82) is 0 Å². The van der Waals surface area contributed by atoms with Crippen molar-refractivity contribution in [2.75, 3.05) is 0 Å². The second kappa shape index (κ2) is 10.5. The second-order valence-corrected chi connectivity index (χ2v) is 12.2. The molecule has 0 unspecified atom stereocenters. The Balaban J connectivity index is 1.35. The van der Waals surface area contributed by atoms with Crippen LogP contribution in [0.5, 0.6) is 0 Å². The lowest BCUT2D eigenvalue weighted by atomic mass is 9.96. The molecule has 0 radical (unpaired) electrons. The molecule has 3 nitrogen and oxygen atoms in total. The molecule has 0 aliphatic carbocycles. The molecule has 3 aromatic heterocycles. The largest absolute Gasteiger partial charge is 0.247 e. The van der Waals surface area contributed by atoms with Crippen LogP contribution in [0.15, 0.2) is 152 Å². The van der Waals surface area contributed by atoms with Crippen LogP contribution in [0, 0.1) is 0 Å². The lowest BCUT2D eigenvalue weighted by Crippen LogP contribution is -1.96. The van der Waals surface area contributed by atoms with E-state index in [9.17, 15) is 0 Å². The van der Waals surface area contributed by atoms with E-state index in [0.29, 0.717) is 0 Å². The van der Waals surface area contributed by atoms with Gasteiger partial charge in [-0.15, -0.1) is 11.3 Å². The Morgan fingerprint density at radius 2 is 1.02 bits per heavy atom. The molecule has 3 heterocycles. The van der Waals surface area contributed by atoms with E-state index < -0.39 is 0 Å². The number of hydrogen-bond donors (Lipinski definition) is 0. The van der Waals surface area contributed by atoms with Gasteiger partial charge in [0, 0.05) is 58.6 Å². The molecule has 0 atom stereocenters. The van der Waals surface area contributed by atoms with E-state index in [4.69, 9.17) is 15.0 Å². The van der Waals surface area contributed by atoms with Gasteiger partial charge >= 0.3 is 0 Å². The highest BCUT2D eigenvalue weighted by Gasteiger charge is 2.19. The molecule has 45 heavy (non-hydrogen) atoms. The minimum absolute atomic E-state index is 0.730. The minimum atomic E-state index is 0.730. The van der Waals surface area contributed by atoms with Gasteiger partial charge in [0.15, 0.2) is 5.82 Å². The van der Waals surface area contributed by atoms with Gasteiger partial charge in [-0.3, -0.25) is 0 Å². The summed E-state index contributed by atoms with van der Waals surface area (Å²) in [4.78, 5) is 15.5. The molecule has 0 spiro atoms. The average molecular weight is 592 g/mol. The number of pyridine rings is 1. The lowest BCUT2D eigenvalue weighted by Gasteiger charge is -2.12. The first-order valence-electron chi connectivity index (χ1n) is 15.0. The molecule has 0 aliphatic heterocycles. The summed E-state index contributed by atoms with van der Waals surface area (Å²) < 4.78 is 2.43. The topological polar surface area (TPSA) is 38.7 Å². The number of thiophene rings is 1. The van der Waals surface area contributed by atoms with Gasteiger partial charge in [0.1, 0.15) is 0 Å². The summed E-state index contributed by atoms with van der Waals surface area (Å²) in [5.74, 6) is 0.730. The van der Waals surface area contributed by atoms with Crippen molar-refractivity contribution in [2.24, 2.45) is 0 Å². The van der Waals surface area contributed by atoms with Crippen molar-refractivity contribution in [3.8, 4) is 45.2 Å². The summed E-state index contributed by atoms with van der Waals surface area (Å²) >= 11 is 1.81. The molecular weight excluding hydrogens is 567 g/mol. The van der Waals surface area contributed by atoms with Crippen LogP contribution in [0.1, 0.15) is 0 Å². The average Bonchev–Trinajstić information content (AvgIpc) is 3.51. The zero-order chi connectivity index (χ0) is 29.7. The highest BCUT2D eigenvalue weighted by molar-refractivity contribution is 7.26. The summed E-state index contributed by atoms with van der Waals surface area (Å²) in [7, 11) is 0. The van der Waals surface area contributed by atoms with Crippen molar-refractivity contribution in [3.63, 3.8) is 0 Å². The first-order valence-corrected chi connectivity index (χ1v) is 15.9. The molecule has 9 rings (SSSR count). The number of rotatable bonds is 4. The molecule has 210 valence electrons. The summed E-state index contributed by atoms with van der Waals surface area (Å²) in [6.07, 6.45) is 0. The molecule has 0 saturated carbocycles. The first kappa shape index (κ1) is 25.8. The number of para-hydroxylation sites is 1. The molecule has 0 bridgehead atoms. The second-order valence-electron chi connectivity index (χ2n) is 11.2. The smallest absolute Gasteiger partial charge is 0.161 e. The van der Waals surface area contributed by atoms with E-state index in [2.05, 4.69) is 140 Å². The van der Waals surface area contributed by atoms with E-state index in [1.54, 1.807) is 0 Å². The Hall–Kier alpha value is -5.71. The summed E-state index contributed by atoms with van der Waals surface area (Å²) in [6, 6.07) is 52.9. The Labute approximate surface area is 264 Å². The Bertz CT molecular complexity index is 2460. The van der Waals surface area contributed by atoms with Gasteiger partial charge in [-0.1, -0.05) is 127 Å². The molecule has 0 amide bonds. The monoisotopic (exact) mass is 591 g/mol. The number of hydrogen-bond acceptors (Lipinski definition) is 4. The molecule has 9 aromatic rings. The van der Waals surface area contributed by atoms with Crippen LogP contribution in [-0.2, 0) is 0 Å². The Morgan fingerprint density at radius 3 is 1.71 bits per heavy atom. The van der Waals surface area contributed by atoms with Crippen molar-refractivity contribution in [3.05, 3.63) is 152 Å². The van der Waals surface area contributed by atoms with E-state index >= 15 is 0 Å². The third-order valence-electron chi connectivity index (χ3n) is 8.48. The van der Waals surface area contributed by atoms with E-state index in [-0.39, 0.29) is 0 Å². The lowest BCUT2D eigenvalue weighted by molar-refractivity contribution is 1.19. The van der Waals surface area contributed by atoms with Gasteiger partial charge in [0.25, 0.3) is 0 Å². The Kier molecular flexibility index (Phi) is 6.00. The zero-order valence-corrected chi connectivity index (χ0v) is 25.0. The third-order valence-corrected chi connectivity index (χ3v) is 9.68. The van der Waals surface area contributed by atoms with Crippen molar-refractivity contribution >= 4 is 53.2 Å². The van der Waals surface area contributed by atoms with Crippen LogP contribution in [0.4, 0.5) is 0 Å². The van der Waals surface area contributed by atoms with E-state index in [1.165, 1.54) is 25.6 Å². The highest BCUT2D eigenvalue weighted by Crippen LogP contribution is 2.45. The molecular formula is C41H25N3S. The fraction of sp³-hybridized carbons (Fsp3) is 0. The number of nitrogens with zero attached hydrogens (tertiary/aromatic N) is 3.